The van der Waals surface area contributed by atoms with Crippen molar-refractivity contribution < 1.29 is 14.5 Å². The normalized spacial score (nSPS) is 19.1. The Labute approximate surface area is 128 Å². The molecule has 0 radical (unpaired) electrons. The van der Waals surface area contributed by atoms with Crippen LogP contribution in [0.1, 0.15) is 12.8 Å². The van der Waals surface area contributed by atoms with Gasteiger partial charge in [-0.15, -0.1) is 0 Å². The molecule has 106 valence electrons. The van der Waals surface area contributed by atoms with Crippen LogP contribution in [0.2, 0.25) is 0 Å². The van der Waals surface area contributed by atoms with Crippen molar-refractivity contribution in [1.29, 1.82) is 0 Å². The second-order valence-corrected chi connectivity index (χ2v) is 5.61. The highest BCUT2D eigenvalue weighted by atomic mass is 127. The monoisotopic (exact) mass is 389 g/mol. The van der Waals surface area contributed by atoms with Gasteiger partial charge in [0.2, 0.25) is 5.91 Å². The Morgan fingerprint density at radius 2 is 2.15 bits per heavy atom. The zero-order valence-corrected chi connectivity index (χ0v) is 12.8. The second-order valence-electron chi connectivity index (χ2n) is 4.45. The molecule has 0 aromatic heterocycles. The summed E-state index contributed by atoms with van der Waals surface area (Å²) in [6, 6.07) is 3.91. The highest BCUT2D eigenvalue weighted by molar-refractivity contribution is 14.1. The van der Waals surface area contributed by atoms with Crippen molar-refractivity contribution in [1.82, 2.24) is 4.90 Å². The molecule has 1 atom stereocenters. The van der Waals surface area contributed by atoms with E-state index in [1.165, 1.54) is 19.2 Å². The number of piperidine rings is 1. The Balaban J connectivity index is 2.16. The summed E-state index contributed by atoms with van der Waals surface area (Å²) in [6.45, 7) is 0. The van der Waals surface area contributed by atoms with E-state index in [0.29, 0.717) is 22.1 Å². The molecule has 1 saturated heterocycles. The van der Waals surface area contributed by atoms with Gasteiger partial charge in [0.05, 0.1) is 4.92 Å². The maximum atomic E-state index is 12.0. The zero-order chi connectivity index (χ0) is 14.9. The molecule has 1 aliphatic rings. The molecule has 1 aromatic rings. The number of nitrogens with one attached hydrogen (secondary N) is 1. The van der Waals surface area contributed by atoms with Gasteiger partial charge < -0.3 is 5.32 Å². The smallest absolute Gasteiger partial charge is 0.270 e. The van der Waals surface area contributed by atoms with Gasteiger partial charge in [-0.25, -0.2) is 0 Å². The number of carbonyl (C=O) groups is 2. The van der Waals surface area contributed by atoms with Gasteiger partial charge in [-0.1, -0.05) is 0 Å². The molecule has 8 heteroatoms. The summed E-state index contributed by atoms with van der Waals surface area (Å²) in [5, 5.41) is 13.7. The van der Waals surface area contributed by atoms with Crippen LogP contribution in [0.3, 0.4) is 0 Å². The maximum absolute atomic E-state index is 12.0. The number of hydrogen-bond donors (Lipinski definition) is 1. The van der Waals surface area contributed by atoms with Crippen LogP contribution in [0.4, 0.5) is 11.4 Å². The minimum atomic E-state index is -0.479. The maximum Gasteiger partial charge on any atom is 0.270 e. The third-order valence-electron chi connectivity index (χ3n) is 3.14. The van der Waals surface area contributed by atoms with Crippen LogP contribution < -0.4 is 5.32 Å². The molecule has 1 unspecified atom stereocenters. The molecule has 20 heavy (non-hydrogen) atoms. The molecule has 0 bridgehead atoms. The number of nitro groups is 1. The van der Waals surface area contributed by atoms with Crippen LogP contribution in [0.25, 0.3) is 0 Å². The Bertz CT molecular complexity index is 590. The van der Waals surface area contributed by atoms with Crippen molar-refractivity contribution in [2.75, 3.05) is 12.4 Å². The highest BCUT2D eigenvalue weighted by Gasteiger charge is 2.31. The number of anilines is 1. The molecule has 0 aliphatic carbocycles. The number of likely N-dealkylation sites (N-methyl/N-ethyl adjacent to an activating group) is 1. The largest absolute Gasteiger partial charge is 0.373 e. The first-order valence-corrected chi connectivity index (χ1v) is 6.99. The number of imide groups is 1. The quantitative estimate of drug-likeness (QED) is 0.368. The molecule has 1 aromatic carbocycles. The SMILES string of the molecule is CN1C(=O)CCC(Nc2ccc([N+](=O)[O-])cc2I)C1=O. The van der Waals surface area contributed by atoms with E-state index in [1.54, 1.807) is 6.07 Å². The average Bonchev–Trinajstić information content (AvgIpc) is 2.41. The molecule has 1 N–H and O–H groups in total. The van der Waals surface area contributed by atoms with E-state index < -0.39 is 11.0 Å². The number of likely N-dealkylation sites (tertiary alicyclic amines) is 1. The third-order valence-corrected chi connectivity index (χ3v) is 4.04. The molecule has 1 aliphatic heterocycles. The summed E-state index contributed by atoms with van der Waals surface area (Å²) >= 11 is 1.97. The summed E-state index contributed by atoms with van der Waals surface area (Å²) in [7, 11) is 1.46. The van der Waals surface area contributed by atoms with E-state index in [9.17, 15) is 19.7 Å². The number of nitro benzene ring substituents is 1. The Morgan fingerprint density at radius 3 is 2.75 bits per heavy atom. The van der Waals surface area contributed by atoms with Crippen molar-refractivity contribution in [3.63, 3.8) is 0 Å². The van der Waals surface area contributed by atoms with Crippen molar-refractivity contribution in [3.05, 3.63) is 31.9 Å². The predicted molar refractivity (Wildman–Crippen MR) is 80.2 cm³/mol. The van der Waals surface area contributed by atoms with E-state index in [1.807, 2.05) is 22.6 Å². The Kier molecular flexibility index (Phi) is 4.21. The van der Waals surface area contributed by atoms with E-state index in [4.69, 9.17) is 0 Å². The molecule has 1 fully saturated rings. The van der Waals surface area contributed by atoms with E-state index in [-0.39, 0.29) is 17.5 Å². The Morgan fingerprint density at radius 1 is 1.45 bits per heavy atom. The fourth-order valence-corrected chi connectivity index (χ4v) is 2.63. The van der Waals surface area contributed by atoms with Gasteiger partial charge in [-0.3, -0.25) is 24.6 Å². The van der Waals surface area contributed by atoms with Gasteiger partial charge in [0.15, 0.2) is 0 Å². The number of hydrogen-bond acceptors (Lipinski definition) is 5. The number of halogens is 1. The molecular weight excluding hydrogens is 377 g/mol. The minimum absolute atomic E-state index is 0.00205. The van der Waals surface area contributed by atoms with Crippen LogP contribution in [-0.2, 0) is 9.59 Å². The molecule has 0 spiro atoms. The summed E-state index contributed by atoms with van der Waals surface area (Å²) in [5.41, 5.74) is 0.652. The van der Waals surface area contributed by atoms with Crippen LogP contribution in [0.15, 0.2) is 18.2 Å². The van der Waals surface area contributed by atoms with Crippen LogP contribution in [0, 0.1) is 13.7 Å². The molecule has 7 nitrogen and oxygen atoms in total. The van der Waals surface area contributed by atoms with Crippen molar-refractivity contribution in [2.45, 2.75) is 18.9 Å². The van der Waals surface area contributed by atoms with Gasteiger partial charge >= 0.3 is 0 Å². The fourth-order valence-electron chi connectivity index (χ4n) is 1.97. The van der Waals surface area contributed by atoms with Gasteiger partial charge in [0, 0.05) is 34.9 Å². The van der Waals surface area contributed by atoms with E-state index in [2.05, 4.69) is 5.32 Å². The molecule has 0 saturated carbocycles. The molecule has 2 rings (SSSR count). The number of non-ortho nitro benzene ring substituents is 1. The second kappa shape index (κ2) is 5.73. The fraction of sp³-hybridized carbons (Fsp3) is 0.333. The summed E-state index contributed by atoms with van der Waals surface area (Å²) in [5.74, 6) is -0.471. The lowest BCUT2D eigenvalue weighted by Crippen LogP contribution is -2.48. The van der Waals surface area contributed by atoms with Gasteiger partial charge in [0.1, 0.15) is 6.04 Å². The van der Waals surface area contributed by atoms with Crippen molar-refractivity contribution in [3.8, 4) is 0 Å². The minimum Gasteiger partial charge on any atom is -0.373 e. The zero-order valence-electron chi connectivity index (χ0n) is 10.6. The van der Waals surface area contributed by atoms with Gasteiger partial charge in [0.25, 0.3) is 11.6 Å². The molecule has 2 amide bonds. The van der Waals surface area contributed by atoms with E-state index >= 15 is 0 Å². The summed E-state index contributed by atoms with van der Waals surface area (Å²) in [4.78, 5) is 34.7. The molecular formula is C12H12IN3O4. The first kappa shape index (κ1) is 14.7. The lowest BCUT2D eigenvalue weighted by atomic mass is 10.0. The Hall–Kier alpha value is -1.71. The van der Waals surface area contributed by atoms with Crippen LogP contribution in [0.5, 0.6) is 0 Å². The number of amides is 2. The standard InChI is InChI=1S/C12H12IN3O4/c1-15-11(17)5-4-10(12(15)18)14-9-3-2-7(16(19)20)6-8(9)13/h2-3,6,10,14H,4-5H2,1H3. The third kappa shape index (κ3) is 2.89. The summed E-state index contributed by atoms with van der Waals surface area (Å²) < 4.78 is 0.657. The predicted octanol–water partition coefficient (Wildman–Crippen LogP) is 1.76. The number of carbonyl (C=O) groups excluding carboxylic acids is 2. The highest BCUT2D eigenvalue weighted by Crippen LogP contribution is 2.26. The van der Waals surface area contributed by atoms with Gasteiger partial charge in [-0.05, 0) is 35.1 Å². The van der Waals surface area contributed by atoms with Crippen LogP contribution in [-0.4, -0.2) is 34.7 Å². The number of nitrogens with zero attached hydrogens (tertiary/aromatic N) is 2. The van der Waals surface area contributed by atoms with Crippen molar-refractivity contribution in [2.24, 2.45) is 0 Å². The van der Waals surface area contributed by atoms with Gasteiger partial charge in [-0.2, -0.15) is 0 Å². The number of benzene rings is 1. The first-order valence-electron chi connectivity index (χ1n) is 5.91. The molecule has 1 heterocycles. The lowest BCUT2D eigenvalue weighted by Gasteiger charge is -2.29. The van der Waals surface area contributed by atoms with Crippen molar-refractivity contribution >= 4 is 45.8 Å². The average molecular weight is 389 g/mol. The van der Waals surface area contributed by atoms with Crippen LogP contribution >= 0.6 is 22.6 Å². The number of rotatable bonds is 3. The first-order chi connectivity index (χ1) is 9.40. The lowest BCUT2D eigenvalue weighted by molar-refractivity contribution is -0.384. The van der Waals surface area contributed by atoms with E-state index in [0.717, 1.165) is 4.90 Å². The summed E-state index contributed by atoms with van der Waals surface area (Å²) in [6.07, 6.45) is 0.735. The topological polar surface area (TPSA) is 92.6 Å².